The smallest absolute Gasteiger partial charge is 0.272 e. The highest BCUT2D eigenvalue weighted by atomic mass is 19.3. The number of hydrogen-bond acceptors (Lipinski definition) is 3. The van der Waals surface area contributed by atoms with Gasteiger partial charge in [-0.2, -0.15) is 0 Å². The van der Waals surface area contributed by atoms with Crippen molar-refractivity contribution in [1.29, 1.82) is 0 Å². The molecule has 0 amide bonds. The molecule has 27 heavy (non-hydrogen) atoms. The largest absolute Gasteiger partial charge is 0.488 e. The number of alkyl halides is 2. The zero-order valence-corrected chi connectivity index (χ0v) is 16.4. The van der Waals surface area contributed by atoms with E-state index in [0.29, 0.717) is 18.3 Å². The van der Waals surface area contributed by atoms with Crippen molar-refractivity contribution in [2.24, 2.45) is 4.99 Å². The van der Waals surface area contributed by atoms with Crippen molar-refractivity contribution in [3.05, 3.63) is 29.8 Å². The number of benzene rings is 1. The first-order chi connectivity index (χ1) is 13.1. The van der Waals surface area contributed by atoms with E-state index < -0.39 is 13.0 Å². The molecule has 0 atom stereocenters. The number of halogens is 2. The summed E-state index contributed by atoms with van der Waals surface area (Å²) in [5.74, 6) is 1.24. The lowest BCUT2D eigenvalue weighted by atomic mass is 10.1. The monoisotopic (exact) mass is 382 g/mol. The Hall–Kier alpha value is -1.89. The number of aliphatic imine (C=N–C) groups is 1. The average Bonchev–Trinajstić information content (AvgIpc) is 2.67. The summed E-state index contributed by atoms with van der Waals surface area (Å²) in [6.07, 6.45) is 0.949. The van der Waals surface area contributed by atoms with Crippen LogP contribution in [0.25, 0.3) is 0 Å². The minimum atomic E-state index is -2.47. The van der Waals surface area contributed by atoms with Gasteiger partial charge in [0.25, 0.3) is 6.43 Å². The third-order valence-electron chi connectivity index (χ3n) is 4.51. The zero-order valence-electron chi connectivity index (χ0n) is 16.4. The van der Waals surface area contributed by atoms with Gasteiger partial charge in [-0.3, -0.25) is 0 Å². The van der Waals surface area contributed by atoms with E-state index >= 15 is 0 Å². The van der Waals surface area contributed by atoms with Gasteiger partial charge in [0.1, 0.15) is 12.4 Å². The van der Waals surface area contributed by atoms with Gasteiger partial charge in [-0.25, -0.2) is 13.8 Å². The Morgan fingerprint density at radius 3 is 2.74 bits per heavy atom. The SMILES string of the molecule is CCCN1CCC(NC(=NCc2cccc(OCC(F)F)c2)NCC)CC1. The van der Waals surface area contributed by atoms with Crippen molar-refractivity contribution < 1.29 is 13.5 Å². The maximum absolute atomic E-state index is 12.3. The van der Waals surface area contributed by atoms with Crippen LogP contribution in [0.4, 0.5) is 8.78 Å². The predicted octanol–water partition coefficient (Wildman–Crippen LogP) is 3.26. The molecule has 1 aromatic carbocycles. The maximum atomic E-state index is 12.3. The molecule has 7 heteroatoms. The molecule has 0 aliphatic carbocycles. The molecule has 1 heterocycles. The first-order valence-corrected chi connectivity index (χ1v) is 9.87. The summed E-state index contributed by atoms with van der Waals surface area (Å²) in [6, 6.07) is 7.60. The van der Waals surface area contributed by atoms with Crippen molar-refractivity contribution in [1.82, 2.24) is 15.5 Å². The third kappa shape index (κ3) is 8.12. The summed E-state index contributed by atoms with van der Waals surface area (Å²) >= 11 is 0. The molecule has 1 fully saturated rings. The van der Waals surface area contributed by atoms with Gasteiger partial charge in [-0.15, -0.1) is 0 Å². The highest BCUT2D eigenvalue weighted by Gasteiger charge is 2.19. The fourth-order valence-electron chi connectivity index (χ4n) is 3.19. The average molecular weight is 382 g/mol. The van der Waals surface area contributed by atoms with Gasteiger partial charge < -0.3 is 20.3 Å². The van der Waals surface area contributed by atoms with Gasteiger partial charge in [0.2, 0.25) is 0 Å². The van der Waals surface area contributed by atoms with Gasteiger partial charge in [0.15, 0.2) is 5.96 Å². The molecule has 2 N–H and O–H groups in total. The van der Waals surface area contributed by atoms with E-state index in [2.05, 4.69) is 27.4 Å². The Morgan fingerprint density at radius 1 is 1.30 bits per heavy atom. The van der Waals surface area contributed by atoms with Crippen molar-refractivity contribution >= 4 is 5.96 Å². The van der Waals surface area contributed by atoms with Crippen molar-refractivity contribution in [2.45, 2.75) is 52.1 Å². The summed E-state index contributed by atoms with van der Waals surface area (Å²) < 4.78 is 29.6. The molecule has 1 aliphatic rings. The van der Waals surface area contributed by atoms with Crippen LogP contribution in [0.15, 0.2) is 29.3 Å². The van der Waals surface area contributed by atoms with E-state index in [4.69, 9.17) is 4.74 Å². The number of nitrogens with zero attached hydrogens (tertiary/aromatic N) is 2. The van der Waals surface area contributed by atoms with Gasteiger partial charge in [0, 0.05) is 25.7 Å². The number of guanidine groups is 1. The molecule has 1 aliphatic heterocycles. The lowest BCUT2D eigenvalue weighted by Gasteiger charge is -2.32. The van der Waals surface area contributed by atoms with Gasteiger partial charge in [0.05, 0.1) is 6.54 Å². The maximum Gasteiger partial charge on any atom is 0.272 e. The molecule has 1 aromatic rings. The van der Waals surface area contributed by atoms with E-state index in [-0.39, 0.29) is 0 Å². The minimum Gasteiger partial charge on any atom is -0.488 e. The molecule has 5 nitrogen and oxygen atoms in total. The summed E-state index contributed by atoms with van der Waals surface area (Å²) in [5, 5.41) is 6.81. The molecule has 152 valence electrons. The van der Waals surface area contributed by atoms with Crippen LogP contribution in [0.2, 0.25) is 0 Å². The number of hydrogen-bond donors (Lipinski definition) is 2. The van der Waals surface area contributed by atoms with Crippen molar-refractivity contribution in [2.75, 3.05) is 32.8 Å². The molecule has 0 saturated carbocycles. The number of rotatable bonds is 9. The first kappa shape index (κ1) is 21.4. The Kier molecular flexibility index (Phi) is 9.31. The molecule has 0 unspecified atom stereocenters. The van der Waals surface area contributed by atoms with Crippen LogP contribution in [0.5, 0.6) is 5.75 Å². The van der Waals surface area contributed by atoms with Crippen molar-refractivity contribution in [3.8, 4) is 5.75 Å². The normalized spacial score (nSPS) is 16.6. The third-order valence-corrected chi connectivity index (χ3v) is 4.51. The summed E-state index contributed by atoms with van der Waals surface area (Å²) in [4.78, 5) is 7.15. The quantitative estimate of drug-likeness (QED) is 0.508. The fourth-order valence-corrected chi connectivity index (χ4v) is 3.19. The molecular formula is C20H32F2N4O. The second kappa shape index (κ2) is 11.7. The van der Waals surface area contributed by atoms with Crippen LogP contribution in [-0.4, -0.2) is 56.1 Å². The summed E-state index contributed by atoms with van der Waals surface area (Å²) in [5.41, 5.74) is 0.928. The van der Waals surface area contributed by atoms with Crippen LogP contribution in [-0.2, 0) is 6.54 Å². The van der Waals surface area contributed by atoms with Crippen LogP contribution in [0, 0.1) is 0 Å². The number of ether oxygens (including phenoxy) is 1. The fraction of sp³-hybridized carbons (Fsp3) is 0.650. The number of likely N-dealkylation sites (tertiary alicyclic amines) is 1. The highest BCUT2D eigenvalue weighted by molar-refractivity contribution is 5.80. The number of piperidine rings is 1. The molecule has 2 rings (SSSR count). The van der Waals surface area contributed by atoms with Crippen molar-refractivity contribution in [3.63, 3.8) is 0 Å². The highest BCUT2D eigenvalue weighted by Crippen LogP contribution is 2.15. The Balaban J connectivity index is 1.88. The van der Waals surface area contributed by atoms with E-state index in [0.717, 1.165) is 44.0 Å². The summed E-state index contributed by atoms with van der Waals surface area (Å²) in [6.45, 7) is 8.34. The van der Waals surface area contributed by atoms with Gasteiger partial charge in [-0.05, 0) is 50.4 Å². The van der Waals surface area contributed by atoms with E-state index in [1.807, 2.05) is 13.0 Å². The van der Waals surface area contributed by atoms with E-state index in [1.165, 1.54) is 13.0 Å². The Bertz CT molecular complexity index is 575. The van der Waals surface area contributed by atoms with E-state index in [9.17, 15) is 8.78 Å². The molecule has 1 saturated heterocycles. The summed E-state index contributed by atoms with van der Waals surface area (Å²) in [7, 11) is 0. The molecule has 0 aromatic heterocycles. The molecular weight excluding hydrogens is 350 g/mol. The number of nitrogens with one attached hydrogen (secondary N) is 2. The zero-order chi connectivity index (χ0) is 19.5. The molecule has 0 spiro atoms. The van der Waals surface area contributed by atoms with Crippen LogP contribution >= 0.6 is 0 Å². The lowest BCUT2D eigenvalue weighted by Crippen LogP contribution is -2.48. The topological polar surface area (TPSA) is 48.9 Å². The van der Waals surface area contributed by atoms with Crippen LogP contribution in [0.3, 0.4) is 0 Å². The lowest BCUT2D eigenvalue weighted by molar-refractivity contribution is 0.0818. The van der Waals surface area contributed by atoms with Crippen LogP contribution < -0.4 is 15.4 Å². The van der Waals surface area contributed by atoms with Gasteiger partial charge in [-0.1, -0.05) is 19.1 Å². The Morgan fingerprint density at radius 2 is 2.07 bits per heavy atom. The molecule has 0 bridgehead atoms. The second-order valence-electron chi connectivity index (χ2n) is 6.80. The van der Waals surface area contributed by atoms with E-state index in [1.54, 1.807) is 18.2 Å². The Labute approximate surface area is 161 Å². The van der Waals surface area contributed by atoms with Crippen LogP contribution in [0.1, 0.15) is 38.7 Å². The molecule has 0 radical (unpaired) electrons. The van der Waals surface area contributed by atoms with Gasteiger partial charge >= 0.3 is 0 Å². The first-order valence-electron chi connectivity index (χ1n) is 9.87. The second-order valence-corrected chi connectivity index (χ2v) is 6.80. The minimum absolute atomic E-state index is 0.427. The standard InChI is InChI=1S/C20H32F2N4O/c1-3-10-26-11-8-17(9-12-26)25-20(23-4-2)24-14-16-6-5-7-18(13-16)27-15-19(21)22/h5-7,13,17,19H,3-4,8-12,14-15H2,1-2H3,(H2,23,24,25). The predicted molar refractivity (Wildman–Crippen MR) is 106 cm³/mol.